The van der Waals surface area contributed by atoms with Crippen LogP contribution in [0.5, 0.6) is 0 Å². The first kappa shape index (κ1) is 36.6. The third kappa shape index (κ3) is 9.17. The predicted molar refractivity (Wildman–Crippen MR) is 201 cm³/mol. The Labute approximate surface area is 300 Å². The van der Waals surface area contributed by atoms with Crippen molar-refractivity contribution in [3.63, 3.8) is 0 Å². The second-order valence-electron chi connectivity index (χ2n) is 13.0. The molecule has 4 atom stereocenters. The maximum atomic E-state index is 9.87. The fraction of sp³-hybridized carbons (Fsp3) is 0.140. The molecule has 0 aliphatic carbocycles. The number of benzene rings is 6. The van der Waals surface area contributed by atoms with E-state index in [2.05, 4.69) is 200 Å². The Balaban J connectivity index is 0.000000604. The molecule has 0 spiro atoms. The van der Waals surface area contributed by atoms with Crippen LogP contribution >= 0.6 is 7.81 Å². The van der Waals surface area contributed by atoms with Gasteiger partial charge in [-0.2, -0.15) is 0 Å². The molecule has 9 heteroatoms. The molecular formula is C43H39F6N2P. The summed E-state index contributed by atoms with van der Waals surface area (Å²) in [6.45, 7) is 4.65. The van der Waals surface area contributed by atoms with E-state index in [0.717, 1.165) is 0 Å². The molecule has 0 N–H and O–H groups in total. The molecule has 0 unspecified atom stereocenters. The quantitative estimate of drug-likeness (QED) is 0.0859. The van der Waals surface area contributed by atoms with Gasteiger partial charge in [0.1, 0.15) is 11.4 Å². The number of nitrogens with zero attached hydrogens (tertiary/aromatic N) is 2. The molecule has 0 aromatic heterocycles. The molecule has 0 bridgehead atoms. The standard InChI is InChI=1S/C43H39N2.F6P/c1-32(34-19-7-3-8-20-34)38-27-15-17-29-40(38)44-31-45(41-30-18-16-28-39(41)33(2)35-21-9-4-10-22-35)43(37-25-13-6-14-26-37)42(44)36-23-11-5-12-24-36;1-7(2,3,4,5)6/h3-33,42-43H,1-2H3;/q+1;-1/t32-,33-,42+,43+;/m1./s1. The Morgan fingerprint density at radius 1 is 0.481 bits per heavy atom. The number of para-hydroxylation sites is 2. The molecule has 0 saturated carbocycles. The summed E-state index contributed by atoms with van der Waals surface area (Å²) in [4.78, 5) is 2.53. The van der Waals surface area contributed by atoms with Gasteiger partial charge in [0, 0.05) is 34.1 Å². The van der Waals surface area contributed by atoms with Crippen LogP contribution in [0.15, 0.2) is 170 Å². The maximum absolute atomic E-state index is 10.7. The van der Waals surface area contributed by atoms with Crippen molar-refractivity contribution in [3.8, 4) is 0 Å². The van der Waals surface area contributed by atoms with Gasteiger partial charge in [-0.25, -0.2) is 9.48 Å². The van der Waals surface area contributed by atoms with Crippen LogP contribution in [0, 0.1) is 0 Å². The average molecular weight is 729 g/mol. The van der Waals surface area contributed by atoms with E-state index in [9.17, 15) is 25.2 Å². The van der Waals surface area contributed by atoms with E-state index < -0.39 is 7.81 Å². The first-order valence-corrected chi connectivity index (χ1v) is 19.0. The van der Waals surface area contributed by atoms with Gasteiger partial charge in [0.2, 0.25) is 6.34 Å². The third-order valence-corrected chi connectivity index (χ3v) is 9.39. The SMILES string of the molecule is C[C@H](c1ccccc1)c1ccccc1N1C=[N+](c2ccccc2[C@H](C)c2ccccc2)[C@@H](c2ccccc2)[C@@H]1c1ccccc1.F[P-](F)(F)(F)(F)F. The van der Waals surface area contributed by atoms with E-state index in [1.807, 2.05) is 0 Å². The van der Waals surface area contributed by atoms with Crippen LogP contribution in [-0.4, -0.2) is 10.9 Å². The summed E-state index contributed by atoms with van der Waals surface area (Å²) in [6, 6.07) is 61.8. The molecule has 7 rings (SSSR count). The molecule has 0 amide bonds. The fourth-order valence-electron chi connectivity index (χ4n) is 7.01. The minimum atomic E-state index is -10.7. The van der Waals surface area contributed by atoms with Crippen LogP contribution in [0.1, 0.15) is 71.1 Å². The fourth-order valence-corrected chi connectivity index (χ4v) is 7.01. The van der Waals surface area contributed by atoms with Crippen LogP contribution in [-0.2, 0) is 0 Å². The summed E-state index contributed by atoms with van der Waals surface area (Å²) in [5.41, 5.74) is 10.3. The van der Waals surface area contributed by atoms with Gasteiger partial charge in [0.25, 0.3) is 0 Å². The second-order valence-corrected chi connectivity index (χ2v) is 14.9. The zero-order valence-corrected chi connectivity index (χ0v) is 29.6. The summed E-state index contributed by atoms with van der Waals surface area (Å²) >= 11 is 0. The van der Waals surface area contributed by atoms with Gasteiger partial charge in [-0.3, -0.25) is 0 Å². The number of hydrogen-bond donors (Lipinski definition) is 0. The molecule has 1 aliphatic rings. The van der Waals surface area contributed by atoms with E-state index in [4.69, 9.17) is 0 Å². The van der Waals surface area contributed by atoms with Gasteiger partial charge < -0.3 is 0 Å². The Morgan fingerprint density at radius 3 is 1.38 bits per heavy atom. The van der Waals surface area contributed by atoms with Crippen molar-refractivity contribution < 1.29 is 29.8 Å². The number of hydrogen-bond acceptors (Lipinski definition) is 1. The zero-order chi connectivity index (χ0) is 37.0. The van der Waals surface area contributed by atoms with Crippen molar-refractivity contribution in [3.05, 3.63) is 203 Å². The van der Waals surface area contributed by atoms with Crippen LogP contribution in [0.2, 0.25) is 0 Å². The van der Waals surface area contributed by atoms with Gasteiger partial charge in [-0.15, -0.1) is 0 Å². The molecule has 0 saturated heterocycles. The minimum absolute atomic E-state index is 0.0535. The molecule has 2 nitrogen and oxygen atoms in total. The van der Waals surface area contributed by atoms with Gasteiger partial charge in [-0.05, 0) is 23.3 Å². The normalized spacial score (nSPS) is 18.2. The molecule has 1 heterocycles. The first-order chi connectivity index (χ1) is 24.7. The van der Waals surface area contributed by atoms with E-state index in [0.29, 0.717) is 0 Å². The van der Waals surface area contributed by atoms with Crippen molar-refractivity contribution in [2.45, 2.75) is 37.8 Å². The zero-order valence-electron chi connectivity index (χ0n) is 28.7. The molecular weight excluding hydrogens is 689 g/mol. The summed E-state index contributed by atoms with van der Waals surface area (Å²) in [5.74, 6) is 0.476. The Hall–Kier alpha value is -5.20. The van der Waals surface area contributed by atoms with E-state index >= 15 is 0 Å². The van der Waals surface area contributed by atoms with Gasteiger partial charge in [0.15, 0.2) is 12.1 Å². The van der Waals surface area contributed by atoms with Crippen LogP contribution in [0.3, 0.4) is 0 Å². The topological polar surface area (TPSA) is 6.25 Å². The van der Waals surface area contributed by atoms with Crippen molar-refractivity contribution >= 4 is 25.5 Å². The van der Waals surface area contributed by atoms with Crippen molar-refractivity contribution in [2.75, 3.05) is 4.90 Å². The molecule has 1 aliphatic heterocycles. The van der Waals surface area contributed by atoms with E-state index in [-0.39, 0.29) is 23.9 Å². The van der Waals surface area contributed by atoms with E-state index in [1.165, 1.54) is 44.8 Å². The van der Waals surface area contributed by atoms with Crippen LogP contribution < -0.4 is 4.90 Å². The Morgan fingerprint density at radius 2 is 0.865 bits per heavy atom. The summed E-state index contributed by atoms with van der Waals surface area (Å²) in [5, 5.41) is 0. The summed E-state index contributed by atoms with van der Waals surface area (Å²) in [7, 11) is -10.7. The molecule has 0 fully saturated rings. The molecule has 6 aromatic carbocycles. The van der Waals surface area contributed by atoms with E-state index in [1.54, 1.807) is 0 Å². The van der Waals surface area contributed by atoms with Crippen molar-refractivity contribution in [2.24, 2.45) is 0 Å². The number of rotatable bonds is 8. The molecule has 268 valence electrons. The summed E-state index contributed by atoms with van der Waals surface area (Å²) in [6.07, 6.45) is 2.38. The average Bonchev–Trinajstić information content (AvgIpc) is 3.55. The van der Waals surface area contributed by atoms with Gasteiger partial charge in [-0.1, -0.05) is 172 Å². The van der Waals surface area contributed by atoms with Crippen LogP contribution in [0.4, 0.5) is 36.6 Å². The Bertz CT molecular complexity index is 2120. The van der Waals surface area contributed by atoms with Crippen LogP contribution in [0.25, 0.3) is 0 Å². The number of anilines is 1. The first-order valence-electron chi connectivity index (χ1n) is 17.0. The monoisotopic (exact) mass is 728 g/mol. The second kappa shape index (κ2) is 14.1. The number of halogens is 6. The third-order valence-electron chi connectivity index (χ3n) is 9.39. The Kier molecular flexibility index (Phi) is 9.91. The molecule has 6 aromatic rings. The van der Waals surface area contributed by atoms with Crippen molar-refractivity contribution in [1.82, 2.24) is 0 Å². The molecule has 52 heavy (non-hydrogen) atoms. The van der Waals surface area contributed by atoms with Crippen molar-refractivity contribution in [1.29, 1.82) is 0 Å². The molecule has 0 radical (unpaired) electrons. The summed E-state index contributed by atoms with van der Waals surface area (Å²) < 4.78 is 61.7. The van der Waals surface area contributed by atoms with Gasteiger partial charge >= 0.3 is 33.0 Å². The predicted octanol–water partition coefficient (Wildman–Crippen LogP) is 14.0. The van der Waals surface area contributed by atoms with Gasteiger partial charge in [0.05, 0.1) is 0 Å².